The summed E-state index contributed by atoms with van der Waals surface area (Å²) in [6, 6.07) is 3.82. The molecule has 2 aromatic heterocycles. The number of rotatable bonds is 2. The van der Waals surface area contributed by atoms with Crippen LogP contribution >= 0.6 is 0 Å². The summed E-state index contributed by atoms with van der Waals surface area (Å²) in [5, 5.41) is 7.44. The second-order valence-corrected chi connectivity index (χ2v) is 2.98. The van der Waals surface area contributed by atoms with E-state index in [0.29, 0.717) is 17.9 Å². The Morgan fingerprint density at radius 2 is 2.21 bits per heavy atom. The van der Waals surface area contributed by atoms with Crippen molar-refractivity contribution in [2.45, 2.75) is 13.5 Å². The Kier molecular flexibility index (Phi) is 2.24. The summed E-state index contributed by atoms with van der Waals surface area (Å²) in [5.74, 6) is 0. The topological polar surface area (TPSA) is 77.8 Å². The molecule has 0 amide bonds. The van der Waals surface area contributed by atoms with Gasteiger partial charge < -0.3 is 5.73 Å². The number of aromatic nitrogens is 3. The van der Waals surface area contributed by atoms with Crippen LogP contribution in [0, 0.1) is 6.92 Å². The molecular weight excluding hydrogens is 180 g/mol. The first kappa shape index (κ1) is 8.83. The van der Waals surface area contributed by atoms with Crippen LogP contribution in [-0.2, 0) is 6.54 Å². The Bertz CT molecular complexity index is 421. The molecule has 2 rings (SSSR count). The minimum absolute atomic E-state index is 0.300. The first-order valence-electron chi connectivity index (χ1n) is 4.26. The van der Waals surface area contributed by atoms with Crippen molar-refractivity contribution in [3.8, 4) is 11.4 Å². The van der Waals surface area contributed by atoms with Gasteiger partial charge in [0.05, 0.1) is 5.69 Å². The summed E-state index contributed by atoms with van der Waals surface area (Å²) in [4.78, 5) is 4.21. The van der Waals surface area contributed by atoms with Crippen molar-refractivity contribution in [3.05, 3.63) is 29.6 Å². The Morgan fingerprint density at radius 1 is 1.36 bits per heavy atom. The van der Waals surface area contributed by atoms with E-state index < -0.39 is 0 Å². The van der Waals surface area contributed by atoms with Crippen LogP contribution in [0.2, 0.25) is 0 Å². The molecule has 0 saturated carbocycles. The molecule has 0 unspecified atom stereocenters. The molecule has 2 heterocycles. The highest BCUT2D eigenvalue weighted by Gasteiger charge is 2.11. The third-order valence-corrected chi connectivity index (χ3v) is 1.90. The lowest BCUT2D eigenvalue weighted by molar-refractivity contribution is 0.304. The second kappa shape index (κ2) is 3.55. The SMILES string of the molecule is Cc1ccc(-c2nonc2CN)nc1. The maximum absolute atomic E-state index is 5.47. The van der Waals surface area contributed by atoms with Gasteiger partial charge in [-0.2, -0.15) is 0 Å². The van der Waals surface area contributed by atoms with Crippen molar-refractivity contribution in [1.29, 1.82) is 0 Å². The third-order valence-electron chi connectivity index (χ3n) is 1.90. The first-order chi connectivity index (χ1) is 6.81. The van der Waals surface area contributed by atoms with Crippen LogP contribution in [0.5, 0.6) is 0 Å². The maximum Gasteiger partial charge on any atom is 0.157 e. The lowest BCUT2D eigenvalue weighted by atomic mass is 10.2. The number of pyridine rings is 1. The standard InChI is InChI=1S/C9H10N4O/c1-6-2-3-7(11-5-6)9-8(4-10)12-14-13-9/h2-3,5H,4,10H2,1H3. The van der Waals surface area contributed by atoms with Gasteiger partial charge in [-0.15, -0.1) is 0 Å². The molecule has 0 aliphatic carbocycles. The zero-order valence-corrected chi connectivity index (χ0v) is 7.77. The summed E-state index contributed by atoms with van der Waals surface area (Å²) < 4.78 is 4.60. The summed E-state index contributed by atoms with van der Waals surface area (Å²) in [6.45, 7) is 2.27. The molecule has 0 radical (unpaired) electrons. The highest BCUT2D eigenvalue weighted by molar-refractivity contribution is 5.55. The number of hydrogen-bond donors (Lipinski definition) is 1. The Labute approximate surface area is 80.9 Å². The molecule has 2 N–H and O–H groups in total. The summed E-state index contributed by atoms with van der Waals surface area (Å²) in [7, 11) is 0. The lowest BCUT2D eigenvalue weighted by Gasteiger charge is -1.96. The first-order valence-corrected chi connectivity index (χ1v) is 4.26. The molecule has 2 aromatic rings. The van der Waals surface area contributed by atoms with Crippen molar-refractivity contribution in [3.63, 3.8) is 0 Å². The van der Waals surface area contributed by atoms with Crippen LogP contribution in [0.1, 0.15) is 11.3 Å². The molecule has 0 spiro atoms. The van der Waals surface area contributed by atoms with Gasteiger partial charge in [-0.05, 0) is 23.7 Å². The van der Waals surface area contributed by atoms with E-state index in [4.69, 9.17) is 5.73 Å². The predicted molar refractivity (Wildman–Crippen MR) is 50.2 cm³/mol. The number of hydrogen-bond acceptors (Lipinski definition) is 5. The van der Waals surface area contributed by atoms with Crippen LogP contribution in [0.3, 0.4) is 0 Å². The number of nitrogens with zero attached hydrogens (tertiary/aromatic N) is 3. The van der Waals surface area contributed by atoms with Gasteiger partial charge in [-0.25, -0.2) is 4.63 Å². The van der Waals surface area contributed by atoms with Gasteiger partial charge in [0.2, 0.25) is 0 Å². The summed E-state index contributed by atoms with van der Waals surface area (Å²) in [6.07, 6.45) is 1.77. The molecule has 0 aliphatic heterocycles. The average molecular weight is 190 g/mol. The van der Waals surface area contributed by atoms with Gasteiger partial charge >= 0.3 is 0 Å². The van der Waals surface area contributed by atoms with E-state index in [1.54, 1.807) is 6.20 Å². The van der Waals surface area contributed by atoms with E-state index in [0.717, 1.165) is 11.3 Å². The van der Waals surface area contributed by atoms with Crippen molar-refractivity contribution in [2.24, 2.45) is 5.73 Å². The van der Waals surface area contributed by atoms with Gasteiger partial charge in [0.25, 0.3) is 0 Å². The van der Waals surface area contributed by atoms with E-state index in [1.807, 2.05) is 19.1 Å². The number of nitrogens with two attached hydrogens (primary N) is 1. The fraction of sp³-hybridized carbons (Fsp3) is 0.222. The average Bonchev–Trinajstić information content (AvgIpc) is 2.67. The molecule has 0 fully saturated rings. The predicted octanol–water partition coefficient (Wildman–Crippen LogP) is 0.899. The van der Waals surface area contributed by atoms with Gasteiger partial charge in [0, 0.05) is 12.7 Å². The summed E-state index contributed by atoms with van der Waals surface area (Å²) >= 11 is 0. The molecule has 5 heteroatoms. The molecule has 0 saturated heterocycles. The van der Waals surface area contributed by atoms with Gasteiger partial charge in [-0.3, -0.25) is 4.98 Å². The molecule has 72 valence electrons. The van der Waals surface area contributed by atoms with Crippen LogP contribution in [0.4, 0.5) is 0 Å². The van der Waals surface area contributed by atoms with E-state index in [1.165, 1.54) is 0 Å². The molecule has 0 aliphatic rings. The minimum Gasteiger partial charge on any atom is -0.325 e. The van der Waals surface area contributed by atoms with E-state index >= 15 is 0 Å². The van der Waals surface area contributed by atoms with Crippen molar-refractivity contribution >= 4 is 0 Å². The molecule has 0 atom stereocenters. The van der Waals surface area contributed by atoms with Crippen LogP contribution < -0.4 is 5.73 Å². The van der Waals surface area contributed by atoms with Crippen LogP contribution in [0.25, 0.3) is 11.4 Å². The quantitative estimate of drug-likeness (QED) is 0.761. The number of aryl methyl sites for hydroxylation is 1. The highest BCUT2D eigenvalue weighted by Crippen LogP contribution is 2.17. The molecule has 0 bridgehead atoms. The second-order valence-electron chi connectivity index (χ2n) is 2.98. The van der Waals surface area contributed by atoms with Crippen molar-refractivity contribution < 1.29 is 4.63 Å². The smallest absolute Gasteiger partial charge is 0.157 e. The van der Waals surface area contributed by atoms with Gasteiger partial charge in [0.1, 0.15) is 5.69 Å². The largest absolute Gasteiger partial charge is 0.325 e. The summed E-state index contributed by atoms with van der Waals surface area (Å²) in [5.41, 5.74) is 8.55. The maximum atomic E-state index is 5.47. The van der Waals surface area contributed by atoms with Crippen LogP contribution in [-0.4, -0.2) is 15.3 Å². The Morgan fingerprint density at radius 3 is 2.86 bits per heavy atom. The Hall–Kier alpha value is -1.75. The highest BCUT2D eigenvalue weighted by atomic mass is 16.6. The minimum atomic E-state index is 0.300. The monoisotopic (exact) mass is 190 g/mol. The zero-order valence-electron chi connectivity index (χ0n) is 7.77. The zero-order chi connectivity index (χ0) is 9.97. The fourth-order valence-corrected chi connectivity index (χ4v) is 1.14. The van der Waals surface area contributed by atoms with Crippen LogP contribution in [0.15, 0.2) is 23.0 Å². The van der Waals surface area contributed by atoms with E-state index in [-0.39, 0.29) is 0 Å². The molecule has 0 aromatic carbocycles. The van der Waals surface area contributed by atoms with Gasteiger partial charge in [-0.1, -0.05) is 11.2 Å². The molecular formula is C9H10N4O. The van der Waals surface area contributed by atoms with Gasteiger partial charge in [0.15, 0.2) is 5.69 Å². The molecule has 5 nitrogen and oxygen atoms in total. The van der Waals surface area contributed by atoms with E-state index in [2.05, 4.69) is 19.9 Å². The molecule has 14 heavy (non-hydrogen) atoms. The van der Waals surface area contributed by atoms with Crippen molar-refractivity contribution in [1.82, 2.24) is 15.3 Å². The fourth-order valence-electron chi connectivity index (χ4n) is 1.14. The van der Waals surface area contributed by atoms with E-state index in [9.17, 15) is 0 Å². The lowest BCUT2D eigenvalue weighted by Crippen LogP contribution is -1.99. The normalized spacial score (nSPS) is 10.4. The van der Waals surface area contributed by atoms with Crippen molar-refractivity contribution in [2.75, 3.05) is 0 Å². The third kappa shape index (κ3) is 1.49. The Balaban J connectivity index is 2.44.